The average Bonchev–Trinajstić information content (AvgIpc) is 2.95. The summed E-state index contributed by atoms with van der Waals surface area (Å²) >= 11 is 1.12. The molecule has 2 heterocycles. The number of carbonyl (C=O) groups excluding carboxylic acids is 1. The first kappa shape index (κ1) is 15.7. The molecule has 0 aromatic carbocycles. The van der Waals surface area contributed by atoms with Gasteiger partial charge in [0.25, 0.3) is 0 Å². The van der Waals surface area contributed by atoms with Crippen LogP contribution >= 0.6 is 11.3 Å². The number of carboxylic acids is 1. The van der Waals surface area contributed by atoms with E-state index in [1.165, 1.54) is 4.90 Å². The van der Waals surface area contributed by atoms with E-state index in [9.17, 15) is 19.5 Å². The second-order valence-electron chi connectivity index (χ2n) is 5.19. The molecule has 0 radical (unpaired) electrons. The average molecular weight is 314 g/mol. The van der Waals surface area contributed by atoms with Crippen molar-refractivity contribution in [3.63, 3.8) is 0 Å². The van der Waals surface area contributed by atoms with Gasteiger partial charge in [0.1, 0.15) is 6.04 Å². The summed E-state index contributed by atoms with van der Waals surface area (Å²) in [5, 5.41) is 20.3. The molecule has 2 rings (SSSR count). The van der Waals surface area contributed by atoms with Crippen molar-refractivity contribution < 1.29 is 19.8 Å². The normalized spacial score (nSPS) is 21.7. The number of amides is 1. The second kappa shape index (κ2) is 6.40. The Morgan fingerprint density at radius 1 is 1.48 bits per heavy atom. The quantitative estimate of drug-likeness (QED) is 0.799. The predicted octanol–water partition coefficient (Wildman–Crippen LogP) is 0.0448. The fourth-order valence-electron chi connectivity index (χ4n) is 2.53. The third-order valence-electron chi connectivity index (χ3n) is 3.63. The number of thiazole rings is 1. The monoisotopic (exact) mass is 314 g/mol. The van der Waals surface area contributed by atoms with Gasteiger partial charge in [0.05, 0.1) is 6.10 Å². The minimum Gasteiger partial charge on any atom is -0.480 e. The number of likely N-dealkylation sites (tertiary alicyclic amines) is 1. The number of hydrogen-bond donors (Lipinski definition) is 2. The van der Waals surface area contributed by atoms with Crippen molar-refractivity contribution in [2.75, 3.05) is 6.54 Å². The smallest absolute Gasteiger partial charge is 0.326 e. The van der Waals surface area contributed by atoms with E-state index in [0.717, 1.165) is 17.0 Å². The molecule has 1 aromatic heterocycles. The highest BCUT2D eigenvalue weighted by Crippen LogP contribution is 2.19. The van der Waals surface area contributed by atoms with Crippen LogP contribution in [0.1, 0.15) is 25.0 Å². The Hall–Kier alpha value is -1.67. The molecule has 0 saturated carbocycles. The van der Waals surface area contributed by atoms with Gasteiger partial charge in [0.15, 0.2) is 0 Å². The van der Waals surface area contributed by atoms with Crippen LogP contribution in [0.15, 0.2) is 10.2 Å². The zero-order valence-electron chi connectivity index (χ0n) is 11.7. The van der Waals surface area contributed by atoms with Gasteiger partial charge in [-0.3, -0.25) is 9.59 Å². The van der Waals surface area contributed by atoms with E-state index < -0.39 is 18.1 Å². The van der Waals surface area contributed by atoms with Crippen molar-refractivity contribution in [3.05, 3.63) is 20.7 Å². The molecule has 0 bridgehead atoms. The number of β-amino-alcohol motifs (C(OH)–C–C–N with tert-alkyl or cyclic N) is 1. The fraction of sp³-hybridized carbons (Fsp3) is 0.615. The first-order valence-corrected chi connectivity index (χ1v) is 7.63. The number of aliphatic carboxylic acids is 1. The van der Waals surface area contributed by atoms with E-state index in [4.69, 9.17) is 5.11 Å². The molecule has 1 aliphatic heterocycles. The maximum Gasteiger partial charge on any atom is 0.326 e. The Morgan fingerprint density at radius 3 is 2.76 bits per heavy atom. The molecule has 1 amide bonds. The maximum atomic E-state index is 12.1. The molecule has 21 heavy (non-hydrogen) atoms. The molecule has 1 aromatic rings. The zero-order chi connectivity index (χ0) is 15.6. The van der Waals surface area contributed by atoms with Gasteiger partial charge in [-0.2, -0.15) is 0 Å². The number of carbonyl (C=O) groups is 2. The Labute approximate surface area is 125 Å². The third kappa shape index (κ3) is 3.51. The van der Waals surface area contributed by atoms with Crippen LogP contribution in [0.5, 0.6) is 0 Å². The van der Waals surface area contributed by atoms with Gasteiger partial charge in [-0.15, -0.1) is 0 Å². The second-order valence-corrected chi connectivity index (χ2v) is 6.01. The van der Waals surface area contributed by atoms with Crippen molar-refractivity contribution in [2.45, 2.75) is 44.9 Å². The van der Waals surface area contributed by atoms with Gasteiger partial charge >= 0.3 is 10.8 Å². The number of aliphatic hydroxyl groups is 1. The van der Waals surface area contributed by atoms with Gasteiger partial charge in [-0.1, -0.05) is 11.3 Å². The van der Waals surface area contributed by atoms with Crippen molar-refractivity contribution >= 4 is 23.2 Å². The molecular weight excluding hydrogens is 296 g/mol. The van der Waals surface area contributed by atoms with Crippen LogP contribution in [-0.2, 0) is 16.1 Å². The lowest BCUT2D eigenvalue weighted by Gasteiger charge is -2.21. The SMILES string of the molecule is Cc1csc(=O)n1CCCC(=O)N1C[C@H](O)C[C@H]1C(=O)O. The molecule has 1 saturated heterocycles. The summed E-state index contributed by atoms with van der Waals surface area (Å²) in [5.41, 5.74) is 0.859. The summed E-state index contributed by atoms with van der Waals surface area (Å²) in [6.07, 6.45) is -0.0748. The first-order chi connectivity index (χ1) is 9.90. The number of nitrogens with zero attached hydrogens (tertiary/aromatic N) is 2. The van der Waals surface area contributed by atoms with Crippen LogP contribution in [0.25, 0.3) is 0 Å². The Balaban J connectivity index is 1.90. The standard InChI is InChI=1S/C13H18N2O5S/c1-8-7-21-13(20)14(8)4-2-3-11(17)15-6-9(16)5-10(15)12(18)19/h7,9-10,16H,2-6H2,1H3,(H,18,19)/t9-,10+/m1/s1. The Kier molecular flexibility index (Phi) is 4.79. The fourth-order valence-corrected chi connectivity index (χ4v) is 3.29. The summed E-state index contributed by atoms with van der Waals surface area (Å²) in [6.45, 7) is 2.33. The van der Waals surface area contributed by atoms with E-state index in [1.807, 2.05) is 6.92 Å². The molecular formula is C13H18N2O5S. The van der Waals surface area contributed by atoms with Gasteiger partial charge in [-0.05, 0) is 13.3 Å². The van der Waals surface area contributed by atoms with Crippen LogP contribution in [-0.4, -0.2) is 50.2 Å². The molecule has 2 atom stereocenters. The molecule has 7 nitrogen and oxygen atoms in total. The highest BCUT2D eigenvalue weighted by Gasteiger charge is 2.38. The summed E-state index contributed by atoms with van der Waals surface area (Å²) < 4.78 is 1.60. The minimum atomic E-state index is -1.09. The lowest BCUT2D eigenvalue weighted by atomic mass is 10.2. The Bertz CT molecular complexity index is 594. The van der Waals surface area contributed by atoms with Crippen molar-refractivity contribution in [1.29, 1.82) is 0 Å². The van der Waals surface area contributed by atoms with Crippen molar-refractivity contribution in [1.82, 2.24) is 9.47 Å². The van der Waals surface area contributed by atoms with Crippen LogP contribution < -0.4 is 4.87 Å². The van der Waals surface area contributed by atoms with E-state index in [-0.39, 0.29) is 30.2 Å². The van der Waals surface area contributed by atoms with Crippen molar-refractivity contribution in [3.8, 4) is 0 Å². The third-order valence-corrected chi connectivity index (χ3v) is 4.51. The number of carboxylic acid groups (broad SMARTS) is 1. The number of aryl methyl sites for hydroxylation is 1. The zero-order valence-corrected chi connectivity index (χ0v) is 12.5. The number of aliphatic hydroxyl groups excluding tert-OH is 1. The molecule has 0 spiro atoms. The summed E-state index contributed by atoms with van der Waals surface area (Å²) in [6, 6.07) is -0.946. The van der Waals surface area contributed by atoms with Crippen molar-refractivity contribution in [2.24, 2.45) is 0 Å². The number of rotatable bonds is 5. The van der Waals surface area contributed by atoms with E-state index >= 15 is 0 Å². The van der Waals surface area contributed by atoms with E-state index in [2.05, 4.69) is 0 Å². The largest absolute Gasteiger partial charge is 0.480 e. The topological polar surface area (TPSA) is 99.8 Å². The molecule has 2 N–H and O–H groups in total. The number of aromatic nitrogens is 1. The molecule has 1 fully saturated rings. The molecule has 0 unspecified atom stereocenters. The first-order valence-electron chi connectivity index (χ1n) is 6.75. The lowest BCUT2D eigenvalue weighted by Crippen LogP contribution is -2.40. The van der Waals surface area contributed by atoms with E-state index in [0.29, 0.717) is 13.0 Å². The van der Waals surface area contributed by atoms with Gasteiger partial charge in [0, 0.05) is 37.0 Å². The molecule has 0 aliphatic carbocycles. The van der Waals surface area contributed by atoms with Crippen LogP contribution in [0.3, 0.4) is 0 Å². The van der Waals surface area contributed by atoms with Gasteiger partial charge in [0.2, 0.25) is 5.91 Å². The number of hydrogen-bond acceptors (Lipinski definition) is 5. The summed E-state index contributed by atoms with van der Waals surface area (Å²) in [4.78, 5) is 35.8. The Morgan fingerprint density at radius 2 is 2.19 bits per heavy atom. The predicted molar refractivity (Wildman–Crippen MR) is 76.3 cm³/mol. The highest BCUT2D eigenvalue weighted by molar-refractivity contribution is 7.07. The van der Waals surface area contributed by atoms with Gasteiger partial charge in [-0.25, -0.2) is 4.79 Å². The van der Waals surface area contributed by atoms with E-state index in [1.54, 1.807) is 9.95 Å². The maximum absolute atomic E-state index is 12.1. The summed E-state index contributed by atoms with van der Waals surface area (Å²) in [5.74, 6) is -1.38. The molecule has 8 heteroatoms. The molecule has 116 valence electrons. The highest BCUT2D eigenvalue weighted by atomic mass is 32.1. The minimum absolute atomic E-state index is 0.0556. The van der Waals surface area contributed by atoms with Crippen LogP contribution in [0.2, 0.25) is 0 Å². The van der Waals surface area contributed by atoms with Gasteiger partial charge < -0.3 is 19.7 Å². The van der Waals surface area contributed by atoms with Crippen LogP contribution in [0.4, 0.5) is 0 Å². The lowest BCUT2D eigenvalue weighted by molar-refractivity contribution is -0.148. The van der Waals surface area contributed by atoms with Crippen LogP contribution in [0, 0.1) is 6.92 Å². The molecule has 1 aliphatic rings. The summed E-state index contributed by atoms with van der Waals surface area (Å²) in [7, 11) is 0.